The molecule has 0 amide bonds. The smallest absolute Gasteiger partial charge is 0.123 e. The summed E-state index contributed by atoms with van der Waals surface area (Å²) < 4.78 is 2.43. The van der Waals surface area contributed by atoms with E-state index in [1.165, 1.54) is 48.5 Å². The predicted molar refractivity (Wildman–Crippen MR) is 109 cm³/mol. The van der Waals surface area contributed by atoms with Crippen molar-refractivity contribution in [3.8, 4) is 0 Å². The van der Waals surface area contributed by atoms with Gasteiger partial charge in [0.25, 0.3) is 0 Å². The van der Waals surface area contributed by atoms with Crippen molar-refractivity contribution in [3.05, 3.63) is 47.3 Å². The Labute approximate surface area is 163 Å². The average Bonchev–Trinajstić information content (AvgIpc) is 3.01. The van der Waals surface area contributed by atoms with Gasteiger partial charge < -0.3 is 9.47 Å². The molecular weight excluding hydrogens is 334 g/mol. The zero-order chi connectivity index (χ0) is 18.8. The number of rotatable bonds is 6. The minimum absolute atomic E-state index is 0.468. The molecule has 146 valence electrons. The molecule has 2 aliphatic rings. The summed E-state index contributed by atoms with van der Waals surface area (Å²) in [6, 6.07) is 4.83. The minimum atomic E-state index is 0.468. The van der Waals surface area contributed by atoms with Gasteiger partial charge in [0.2, 0.25) is 0 Å². The van der Waals surface area contributed by atoms with E-state index in [9.17, 15) is 0 Å². The summed E-state index contributed by atoms with van der Waals surface area (Å²) in [5.74, 6) is 1.97. The molecule has 0 aromatic carbocycles. The van der Waals surface area contributed by atoms with E-state index in [1.807, 2.05) is 12.4 Å². The molecule has 1 aliphatic carbocycles. The number of hydrogen-bond acceptors (Lipinski definition) is 4. The van der Waals surface area contributed by atoms with Crippen LogP contribution in [0.3, 0.4) is 0 Å². The third kappa shape index (κ3) is 3.94. The molecule has 1 aliphatic heterocycles. The van der Waals surface area contributed by atoms with Gasteiger partial charge in [0.1, 0.15) is 5.82 Å². The number of likely N-dealkylation sites (tertiary alicyclic amines) is 1. The van der Waals surface area contributed by atoms with Crippen LogP contribution >= 0.6 is 0 Å². The molecule has 4 rings (SSSR count). The molecule has 5 nitrogen and oxygen atoms in total. The molecule has 0 N–H and O–H groups in total. The highest BCUT2D eigenvalue weighted by Crippen LogP contribution is 2.43. The Bertz CT molecular complexity index is 766. The van der Waals surface area contributed by atoms with Crippen LogP contribution in [0, 0.1) is 12.8 Å². The molecule has 0 bridgehead atoms. The standard InChI is InChI=1S/C22H33N5/c1-17-15-24-20(27(17)14-6-12-25(2)3)16-26-13-5-8-19-10-9-18-7-4-11-23-21(18)22(19)26/h4,7,11,15,19,22H,5-6,8-10,12-14,16H2,1-3H3. The maximum Gasteiger partial charge on any atom is 0.123 e. The minimum Gasteiger partial charge on any atom is -0.331 e. The third-order valence-corrected chi connectivity index (χ3v) is 6.32. The van der Waals surface area contributed by atoms with Crippen LogP contribution < -0.4 is 0 Å². The maximum absolute atomic E-state index is 4.82. The lowest BCUT2D eigenvalue weighted by Crippen LogP contribution is -2.42. The van der Waals surface area contributed by atoms with Crippen LogP contribution in [0.25, 0.3) is 0 Å². The molecule has 1 saturated heterocycles. The van der Waals surface area contributed by atoms with Crippen molar-refractivity contribution in [2.24, 2.45) is 5.92 Å². The number of aryl methyl sites for hydroxylation is 2. The van der Waals surface area contributed by atoms with Crippen molar-refractivity contribution in [2.75, 3.05) is 27.2 Å². The fraction of sp³-hybridized carbons (Fsp3) is 0.636. The van der Waals surface area contributed by atoms with Crippen LogP contribution in [-0.2, 0) is 19.5 Å². The highest BCUT2D eigenvalue weighted by Gasteiger charge is 2.37. The molecule has 2 unspecified atom stereocenters. The van der Waals surface area contributed by atoms with Crippen molar-refractivity contribution in [1.29, 1.82) is 0 Å². The first-order valence-electron chi connectivity index (χ1n) is 10.5. The van der Waals surface area contributed by atoms with E-state index in [2.05, 4.69) is 47.5 Å². The second-order valence-corrected chi connectivity index (χ2v) is 8.53. The van der Waals surface area contributed by atoms with Gasteiger partial charge in [-0.2, -0.15) is 0 Å². The van der Waals surface area contributed by atoms with Gasteiger partial charge in [-0.1, -0.05) is 6.07 Å². The first-order valence-corrected chi connectivity index (χ1v) is 10.5. The zero-order valence-corrected chi connectivity index (χ0v) is 17.1. The highest BCUT2D eigenvalue weighted by atomic mass is 15.2. The number of imidazole rings is 1. The van der Waals surface area contributed by atoms with Gasteiger partial charge in [-0.25, -0.2) is 4.98 Å². The lowest BCUT2D eigenvalue weighted by Gasteiger charge is -2.44. The second kappa shape index (κ2) is 8.11. The Balaban J connectivity index is 1.54. The van der Waals surface area contributed by atoms with Gasteiger partial charge in [-0.15, -0.1) is 0 Å². The van der Waals surface area contributed by atoms with Crippen molar-refractivity contribution in [3.63, 3.8) is 0 Å². The second-order valence-electron chi connectivity index (χ2n) is 8.53. The Hall–Kier alpha value is -1.72. The van der Waals surface area contributed by atoms with E-state index in [1.54, 1.807) is 0 Å². The SMILES string of the molecule is Cc1cnc(CN2CCCC3CCc4cccnc4C32)n1CCCN(C)C. The lowest BCUT2D eigenvalue weighted by atomic mass is 9.77. The lowest BCUT2D eigenvalue weighted by molar-refractivity contribution is 0.0662. The summed E-state index contributed by atoms with van der Waals surface area (Å²) in [6.45, 7) is 6.44. The van der Waals surface area contributed by atoms with Crippen LogP contribution in [0.4, 0.5) is 0 Å². The van der Waals surface area contributed by atoms with Crippen molar-refractivity contribution < 1.29 is 0 Å². The molecule has 3 heterocycles. The first kappa shape index (κ1) is 18.6. The van der Waals surface area contributed by atoms with Crippen LogP contribution in [0.2, 0.25) is 0 Å². The number of pyridine rings is 1. The largest absolute Gasteiger partial charge is 0.331 e. The fourth-order valence-corrected chi connectivity index (χ4v) is 4.97. The van der Waals surface area contributed by atoms with Gasteiger partial charge >= 0.3 is 0 Å². The molecule has 2 aromatic rings. The Morgan fingerprint density at radius 2 is 2.11 bits per heavy atom. The van der Waals surface area contributed by atoms with Crippen molar-refractivity contribution in [2.45, 2.75) is 58.2 Å². The van der Waals surface area contributed by atoms with Gasteiger partial charge in [-0.3, -0.25) is 9.88 Å². The van der Waals surface area contributed by atoms with Crippen LogP contribution in [0.15, 0.2) is 24.5 Å². The molecule has 2 atom stereocenters. The Kier molecular flexibility index (Phi) is 5.60. The van der Waals surface area contributed by atoms with E-state index < -0.39 is 0 Å². The molecule has 2 aromatic heterocycles. The van der Waals surface area contributed by atoms with Crippen LogP contribution in [0.1, 0.15) is 54.5 Å². The quantitative estimate of drug-likeness (QED) is 0.784. The number of piperidine rings is 1. The number of hydrogen-bond donors (Lipinski definition) is 0. The first-order chi connectivity index (χ1) is 13.1. The number of fused-ring (bicyclic) bond motifs is 3. The van der Waals surface area contributed by atoms with Gasteiger partial charge in [0.05, 0.1) is 18.3 Å². The van der Waals surface area contributed by atoms with Crippen molar-refractivity contribution >= 4 is 0 Å². The summed E-state index contributed by atoms with van der Waals surface area (Å²) >= 11 is 0. The normalized spacial score (nSPS) is 22.7. The Morgan fingerprint density at radius 1 is 1.22 bits per heavy atom. The third-order valence-electron chi connectivity index (χ3n) is 6.32. The van der Waals surface area contributed by atoms with E-state index in [0.717, 1.165) is 38.5 Å². The van der Waals surface area contributed by atoms with Crippen LogP contribution in [0.5, 0.6) is 0 Å². The highest BCUT2D eigenvalue weighted by molar-refractivity contribution is 5.27. The number of aromatic nitrogens is 3. The van der Waals surface area contributed by atoms with Crippen molar-refractivity contribution in [1.82, 2.24) is 24.3 Å². The fourth-order valence-electron chi connectivity index (χ4n) is 4.97. The number of nitrogens with zero attached hydrogens (tertiary/aromatic N) is 5. The predicted octanol–water partition coefficient (Wildman–Crippen LogP) is 3.44. The van der Waals surface area contributed by atoms with Gasteiger partial charge in [-0.05, 0) is 83.8 Å². The molecule has 0 spiro atoms. The molecule has 0 saturated carbocycles. The Morgan fingerprint density at radius 3 is 2.96 bits per heavy atom. The van der Waals surface area contributed by atoms with Crippen LogP contribution in [-0.4, -0.2) is 51.5 Å². The molecule has 0 radical (unpaired) electrons. The molecule has 5 heteroatoms. The zero-order valence-electron chi connectivity index (χ0n) is 17.1. The molecule has 27 heavy (non-hydrogen) atoms. The molecular formula is C22H33N5. The molecule has 1 fully saturated rings. The summed E-state index contributed by atoms with van der Waals surface area (Å²) in [5, 5.41) is 0. The van der Waals surface area contributed by atoms with E-state index in [4.69, 9.17) is 9.97 Å². The summed E-state index contributed by atoms with van der Waals surface area (Å²) in [4.78, 5) is 14.5. The summed E-state index contributed by atoms with van der Waals surface area (Å²) in [7, 11) is 4.28. The van der Waals surface area contributed by atoms with E-state index in [0.29, 0.717) is 6.04 Å². The maximum atomic E-state index is 4.82. The van der Waals surface area contributed by atoms with E-state index in [-0.39, 0.29) is 0 Å². The van der Waals surface area contributed by atoms with E-state index >= 15 is 0 Å². The topological polar surface area (TPSA) is 37.2 Å². The summed E-state index contributed by atoms with van der Waals surface area (Å²) in [6.07, 6.45) is 10.3. The van der Waals surface area contributed by atoms with Gasteiger partial charge in [0, 0.05) is 24.6 Å². The summed E-state index contributed by atoms with van der Waals surface area (Å²) in [5.41, 5.74) is 4.06. The van der Waals surface area contributed by atoms with Gasteiger partial charge in [0.15, 0.2) is 0 Å². The average molecular weight is 368 g/mol. The monoisotopic (exact) mass is 367 g/mol.